The zero-order valence-electron chi connectivity index (χ0n) is 47.6. The molecule has 6 aliphatic rings. The van der Waals surface area contributed by atoms with Crippen LogP contribution in [0.2, 0.25) is 0 Å². The summed E-state index contributed by atoms with van der Waals surface area (Å²) in [5.74, 6) is 4.08. The number of aliphatic hydroxyl groups is 2. The average Bonchev–Trinajstić information content (AvgIpc) is 4.35. The number of epoxide rings is 2. The third kappa shape index (κ3) is 27.6. The number of rotatable bonds is 47. The van der Waals surface area contributed by atoms with Crippen LogP contribution in [0.4, 0.5) is 0 Å². The van der Waals surface area contributed by atoms with Crippen LogP contribution in [0.5, 0.6) is 0 Å². The van der Waals surface area contributed by atoms with Crippen LogP contribution in [-0.4, -0.2) is 153 Å². The van der Waals surface area contributed by atoms with E-state index in [1.54, 1.807) is 0 Å². The average molecular weight is 1050 g/mol. The van der Waals surface area contributed by atoms with Gasteiger partial charge in [-0.2, -0.15) is 0 Å². The maximum absolute atomic E-state index is 10.1. The molecule has 4 saturated carbocycles. The molecule has 434 valence electrons. The van der Waals surface area contributed by atoms with E-state index in [1.807, 2.05) is 0 Å². The number of hydrogen-bond donors (Lipinski definition) is 2. The van der Waals surface area contributed by atoms with Crippen molar-refractivity contribution in [2.75, 3.05) is 106 Å². The molecule has 2 aliphatic heterocycles. The fourth-order valence-corrected chi connectivity index (χ4v) is 12.7. The number of fused-ring (bicyclic) bond motifs is 2. The Morgan fingerprint density at radius 1 is 0.324 bits per heavy atom. The standard InChI is InChI=1S/C62H114O12/c1-49-39-51(19-23-57(49)63)43-67-31-13-5-3-11-29-65-37-27-55(47-71-35-17-9-7-15-32-68-44-52-20-24-58(64)50(2)40-52)56(48-72-36-18-10-8-16-34-70-46-54-22-26-60-62(42-54)74-60)28-38-66-30-12-4-6-14-33-69-45-53-21-25-59-61(41-53)73-59/h49-64H,3-48H2,1-2H3. The Labute approximate surface area is 452 Å². The third-order valence-electron chi connectivity index (χ3n) is 18.0. The van der Waals surface area contributed by atoms with E-state index in [0.29, 0.717) is 71.8 Å². The Morgan fingerprint density at radius 3 is 0.946 bits per heavy atom. The van der Waals surface area contributed by atoms with Gasteiger partial charge in [0.05, 0.1) is 36.6 Å². The highest BCUT2D eigenvalue weighted by Gasteiger charge is 2.44. The molecule has 6 rings (SSSR count). The summed E-state index contributed by atoms with van der Waals surface area (Å²) in [6.45, 7) is 17.4. The molecule has 0 aromatic carbocycles. The van der Waals surface area contributed by atoms with Crippen molar-refractivity contribution in [2.24, 2.45) is 47.3 Å². The van der Waals surface area contributed by atoms with E-state index < -0.39 is 0 Å². The molecule has 74 heavy (non-hydrogen) atoms. The highest BCUT2D eigenvalue weighted by Crippen LogP contribution is 2.40. The van der Waals surface area contributed by atoms with Crippen molar-refractivity contribution in [1.82, 2.24) is 0 Å². The van der Waals surface area contributed by atoms with Gasteiger partial charge in [0.25, 0.3) is 0 Å². The van der Waals surface area contributed by atoms with Gasteiger partial charge in [-0.1, -0.05) is 65.2 Å². The van der Waals surface area contributed by atoms with Crippen LogP contribution in [0.25, 0.3) is 0 Å². The largest absolute Gasteiger partial charge is 0.393 e. The zero-order valence-corrected chi connectivity index (χ0v) is 47.6. The first-order valence-electron chi connectivity index (χ1n) is 31.7. The lowest BCUT2D eigenvalue weighted by atomic mass is 9.81. The van der Waals surface area contributed by atoms with Gasteiger partial charge >= 0.3 is 0 Å². The first-order chi connectivity index (χ1) is 36.4. The first kappa shape index (κ1) is 62.7. The van der Waals surface area contributed by atoms with Gasteiger partial charge in [0, 0.05) is 106 Å². The normalized spacial score (nSPS) is 30.5. The van der Waals surface area contributed by atoms with E-state index in [-0.39, 0.29) is 12.2 Å². The summed E-state index contributed by atoms with van der Waals surface area (Å²) in [5.41, 5.74) is 0. The second-order valence-corrected chi connectivity index (χ2v) is 24.7. The monoisotopic (exact) mass is 1050 g/mol. The summed E-state index contributed by atoms with van der Waals surface area (Å²) in [6, 6.07) is 0. The molecule has 14 unspecified atom stereocenters. The number of unbranched alkanes of at least 4 members (excludes halogenated alkanes) is 12. The van der Waals surface area contributed by atoms with E-state index in [4.69, 9.17) is 47.4 Å². The molecule has 2 heterocycles. The molecule has 4 aliphatic carbocycles. The van der Waals surface area contributed by atoms with Gasteiger partial charge in [-0.3, -0.25) is 0 Å². The number of ether oxygens (including phenoxy) is 10. The van der Waals surface area contributed by atoms with Crippen molar-refractivity contribution in [3.05, 3.63) is 0 Å². The van der Waals surface area contributed by atoms with Crippen molar-refractivity contribution < 1.29 is 57.6 Å². The molecule has 2 N–H and O–H groups in total. The minimum atomic E-state index is -0.131. The van der Waals surface area contributed by atoms with Crippen LogP contribution >= 0.6 is 0 Å². The van der Waals surface area contributed by atoms with E-state index >= 15 is 0 Å². The maximum atomic E-state index is 10.1. The van der Waals surface area contributed by atoms with Gasteiger partial charge in [0.15, 0.2) is 0 Å². The fourth-order valence-electron chi connectivity index (χ4n) is 12.7. The Balaban J connectivity index is 0.854. The van der Waals surface area contributed by atoms with Gasteiger partial charge in [0.1, 0.15) is 0 Å². The Hall–Kier alpha value is -0.480. The second-order valence-electron chi connectivity index (χ2n) is 24.7. The topological polar surface area (TPSA) is 139 Å². The smallest absolute Gasteiger partial charge is 0.0845 e. The minimum absolute atomic E-state index is 0.128. The van der Waals surface area contributed by atoms with Gasteiger partial charge in [-0.15, -0.1) is 0 Å². The molecule has 6 fully saturated rings. The van der Waals surface area contributed by atoms with Crippen LogP contribution in [0.3, 0.4) is 0 Å². The molecule has 12 heteroatoms. The fraction of sp³-hybridized carbons (Fsp3) is 1.00. The molecule has 0 aromatic heterocycles. The predicted octanol–water partition coefficient (Wildman–Crippen LogP) is 12.1. The van der Waals surface area contributed by atoms with Crippen LogP contribution in [-0.2, 0) is 47.4 Å². The number of hydrogen-bond acceptors (Lipinski definition) is 12. The molecule has 0 aromatic rings. The maximum Gasteiger partial charge on any atom is 0.0845 e. The lowest BCUT2D eigenvalue weighted by Gasteiger charge is -2.30. The van der Waals surface area contributed by atoms with Crippen molar-refractivity contribution in [3.63, 3.8) is 0 Å². The summed E-state index contributed by atoms with van der Waals surface area (Å²) in [4.78, 5) is 0. The summed E-state index contributed by atoms with van der Waals surface area (Å²) < 4.78 is 61.4. The highest BCUT2D eigenvalue weighted by molar-refractivity contribution is 4.92. The van der Waals surface area contributed by atoms with Crippen molar-refractivity contribution in [3.8, 4) is 0 Å². The Morgan fingerprint density at radius 2 is 0.622 bits per heavy atom. The van der Waals surface area contributed by atoms with Gasteiger partial charge in [-0.05, 0) is 189 Å². The molecule has 0 bridgehead atoms. The summed E-state index contributed by atoms with van der Waals surface area (Å²) >= 11 is 0. The minimum Gasteiger partial charge on any atom is -0.393 e. The van der Waals surface area contributed by atoms with E-state index in [0.717, 1.165) is 215 Å². The van der Waals surface area contributed by atoms with Gasteiger partial charge in [0.2, 0.25) is 0 Å². The van der Waals surface area contributed by atoms with Crippen molar-refractivity contribution in [2.45, 2.75) is 243 Å². The molecule has 12 nitrogen and oxygen atoms in total. The summed E-state index contributed by atoms with van der Waals surface area (Å²) in [6.07, 6.45) is 35.7. The quantitative estimate of drug-likeness (QED) is 0.0443. The number of aliphatic hydroxyl groups excluding tert-OH is 2. The highest BCUT2D eigenvalue weighted by atomic mass is 16.6. The zero-order chi connectivity index (χ0) is 51.7. The van der Waals surface area contributed by atoms with E-state index in [2.05, 4.69) is 13.8 Å². The molecular formula is C62H114O12. The molecule has 0 amide bonds. The molecule has 2 saturated heterocycles. The summed E-state index contributed by atoms with van der Waals surface area (Å²) in [5, 5.41) is 20.1. The molecule has 14 atom stereocenters. The van der Waals surface area contributed by atoms with Crippen LogP contribution in [0, 0.1) is 47.3 Å². The van der Waals surface area contributed by atoms with Crippen LogP contribution in [0.15, 0.2) is 0 Å². The Bertz CT molecular complexity index is 1340. The third-order valence-corrected chi connectivity index (χ3v) is 18.0. The lowest BCUT2D eigenvalue weighted by molar-refractivity contribution is -0.000359. The Kier molecular flexibility index (Phi) is 33.1. The van der Waals surface area contributed by atoms with Gasteiger partial charge in [-0.25, -0.2) is 0 Å². The van der Waals surface area contributed by atoms with Crippen LogP contribution in [0.1, 0.15) is 206 Å². The van der Waals surface area contributed by atoms with Gasteiger partial charge < -0.3 is 57.6 Å². The SMILES string of the molecule is CC1CC(COCCCCCCOCCC(COCCCCCCOCC2CCC(O)C(C)C2)C(CCOCCCCCCOCC2CCC3OC3C2)COCCCCCCOCC2CCC3OC3C2)CCC1O. The van der Waals surface area contributed by atoms with Crippen molar-refractivity contribution >= 4 is 0 Å². The molecule has 0 radical (unpaired) electrons. The lowest BCUT2D eigenvalue weighted by Crippen LogP contribution is -2.29. The van der Waals surface area contributed by atoms with Crippen LogP contribution < -0.4 is 0 Å². The van der Waals surface area contributed by atoms with E-state index in [9.17, 15) is 10.2 Å². The second kappa shape index (κ2) is 39.0. The molecule has 0 spiro atoms. The first-order valence-corrected chi connectivity index (χ1v) is 31.7. The van der Waals surface area contributed by atoms with E-state index in [1.165, 1.54) is 83.5 Å². The van der Waals surface area contributed by atoms with Crippen molar-refractivity contribution in [1.29, 1.82) is 0 Å². The molecular weight excluding hydrogens is 937 g/mol. The summed E-state index contributed by atoms with van der Waals surface area (Å²) in [7, 11) is 0. The predicted molar refractivity (Wildman–Crippen MR) is 294 cm³/mol.